The van der Waals surface area contributed by atoms with Gasteiger partial charge in [0.2, 0.25) is 0 Å². The first-order valence-electron chi connectivity index (χ1n) is 8.53. The standard InChI is InChI=1S/C18H25ClN4O.HI/c19-16-1-3-17(4-2-16)22-9-11-23(12-10-22)18(20)21-8-5-15-6-13-24-14-7-15;/h1-4,6H,5,7-14H2,(H2,20,21);1H. The zero-order valence-electron chi connectivity index (χ0n) is 14.4. The van der Waals surface area contributed by atoms with Crippen molar-refractivity contribution in [3.05, 3.63) is 40.9 Å². The Balaban J connectivity index is 0.00000225. The second kappa shape index (κ2) is 10.2. The highest BCUT2D eigenvalue weighted by Crippen LogP contribution is 2.19. The van der Waals surface area contributed by atoms with Crippen LogP contribution in [0.2, 0.25) is 5.02 Å². The number of piperazine rings is 1. The first kappa shape index (κ1) is 20.3. The lowest BCUT2D eigenvalue weighted by molar-refractivity contribution is 0.153. The normalized spacial score (nSPS) is 18.6. The third-order valence-electron chi connectivity index (χ3n) is 4.56. The number of anilines is 1. The molecule has 0 unspecified atom stereocenters. The van der Waals surface area contributed by atoms with Crippen LogP contribution in [0.25, 0.3) is 0 Å². The van der Waals surface area contributed by atoms with Crippen LogP contribution in [0.3, 0.4) is 0 Å². The summed E-state index contributed by atoms with van der Waals surface area (Å²) in [5.41, 5.74) is 8.81. The zero-order chi connectivity index (χ0) is 16.8. The number of benzene rings is 1. The molecule has 138 valence electrons. The molecule has 2 heterocycles. The Morgan fingerprint density at radius 1 is 1.16 bits per heavy atom. The van der Waals surface area contributed by atoms with Crippen LogP contribution in [0.15, 0.2) is 40.9 Å². The first-order chi connectivity index (χ1) is 11.7. The van der Waals surface area contributed by atoms with E-state index in [9.17, 15) is 0 Å². The first-order valence-corrected chi connectivity index (χ1v) is 8.91. The van der Waals surface area contributed by atoms with Crippen molar-refractivity contribution in [1.29, 1.82) is 0 Å². The number of hydrogen-bond acceptors (Lipinski definition) is 3. The van der Waals surface area contributed by atoms with Gasteiger partial charge in [-0.25, -0.2) is 0 Å². The van der Waals surface area contributed by atoms with E-state index in [1.807, 2.05) is 12.1 Å². The van der Waals surface area contributed by atoms with Gasteiger partial charge in [-0.05, 0) is 37.1 Å². The molecule has 0 spiro atoms. The monoisotopic (exact) mass is 476 g/mol. The average Bonchev–Trinajstić information content (AvgIpc) is 2.63. The molecule has 0 saturated carbocycles. The van der Waals surface area contributed by atoms with Crippen molar-refractivity contribution in [1.82, 2.24) is 4.90 Å². The van der Waals surface area contributed by atoms with E-state index in [0.717, 1.165) is 63.8 Å². The highest BCUT2D eigenvalue weighted by atomic mass is 127. The maximum Gasteiger partial charge on any atom is 0.191 e. The van der Waals surface area contributed by atoms with Crippen LogP contribution in [-0.4, -0.2) is 56.8 Å². The molecule has 0 radical (unpaired) electrons. The number of halogens is 2. The predicted octanol–water partition coefficient (Wildman–Crippen LogP) is 3.13. The number of nitrogens with zero attached hydrogens (tertiary/aromatic N) is 3. The van der Waals surface area contributed by atoms with Gasteiger partial charge in [0.05, 0.1) is 13.2 Å². The fourth-order valence-electron chi connectivity index (χ4n) is 3.05. The van der Waals surface area contributed by atoms with Gasteiger partial charge in [0.25, 0.3) is 0 Å². The molecular formula is C18H26ClIN4O. The smallest absolute Gasteiger partial charge is 0.191 e. The number of nitrogens with two attached hydrogens (primary N) is 1. The molecule has 2 aliphatic rings. The van der Waals surface area contributed by atoms with Crippen LogP contribution >= 0.6 is 35.6 Å². The molecule has 0 aromatic heterocycles. The molecule has 3 rings (SSSR count). The number of ether oxygens (including phenoxy) is 1. The molecule has 1 saturated heterocycles. The Morgan fingerprint density at radius 2 is 1.88 bits per heavy atom. The van der Waals surface area contributed by atoms with Gasteiger partial charge in [0.15, 0.2) is 5.96 Å². The summed E-state index contributed by atoms with van der Waals surface area (Å²) in [6.45, 7) is 6.01. The Kier molecular flexibility index (Phi) is 8.32. The lowest BCUT2D eigenvalue weighted by Gasteiger charge is -2.36. The molecular weight excluding hydrogens is 451 g/mol. The Morgan fingerprint density at radius 3 is 2.52 bits per heavy atom. The minimum absolute atomic E-state index is 0. The van der Waals surface area contributed by atoms with E-state index < -0.39 is 0 Å². The SMILES string of the molecule is I.NC(=NCCC1=CCOCC1)N1CCN(c2ccc(Cl)cc2)CC1. The van der Waals surface area contributed by atoms with Crippen LogP contribution in [0.4, 0.5) is 5.69 Å². The maximum absolute atomic E-state index is 6.16. The van der Waals surface area contributed by atoms with E-state index in [2.05, 4.69) is 33.0 Å². The summed E-state index contributed by atoms with van der Waals surface area (Å²) in [4.78, 5) is 9.08. The highest BCUT2D eigenvalue weighted by molar-refractivity contribution is 14.0. The third-order valence-corrected chi connectivity index (χ3v) is 4.81. The maximum atomic E-state index is 6.16. The van der Waals surface area contributed by atoms with Crippen LogP contribution in [0.1, 0.15) is 12.8 Å². The van der Waals surface area contributed by atoms with Gasteiger partial charge in [-0.2, -0.15) is 0 Å². The van der Waals surface area contributed by atoms with Gasteiger partial charge in [0, 0.05) is 43.4 Å². The summed E-state index contributed by atoms with van der Waals surface area (Å²) in [6.07, 6.45) is 4.17. The van der Waals surface area contributed by atoms with Gasteiger partial charge in [-0.15, -0.1) is 24.0 Å². The molecule has 2 N–H and O–H groups in total. The van der Waals surface area contributed by atoms with Gasteiger partial charge < -0.3 is 20.3 Å². The number of rotatable bonds is 4. The lowest BCUT2D eigenvalue weighted by Crippen LogP contribution is -2.51. The van der Waals surface area contributed by atoms with Crippen molar-refractivity contribution in [2.24, 2.45) is 10.7 Å². The minimum Gasteiger partial charge on any atom is -0.377 e. The fourth-order valence-corrected chi connectivity index (χ4v) is 3.18. The summed E-state index contributed by atoms with van der Waals surface area (Å²) in [7, 11) is 0. The van der Waals surface area contributed by atoms with Gasteiger partial charge in [-0.3, -0.25) is 4.99 Å². The van der Waals surface area contributed by atoms with Crippen LogP contribution in [0.5, 0.6) is 0 Å². The van der Waals surface area contributed by atoms with Gasteiger partial charge in [-0.1, -0.05) is 23.3 Å². The van der Waals surface area contributed by atoms with Crippen LogP contribution in [-0.2, 0) is 4.74 Å². The van der Waals surface area contributed by atoms with Crippen molar-refractivity contribution < 1.29 is 4.74 Å². The summed E-state index contributed by atoms with van der Waals surface area (Å²) in [5.74, 6) is 0.665. The third kappa shape index (κ3) is 6.04. The van der Waals surface area contributed by atoms with Crippen LogP contribution < -0.4 is 10.6 Å². The summed E-state index contributed by atoms with van der Waals surface area (Å²) in [6, 6.07) is 8.00. The summed E-state index contributed by atoms with van der Waals surface area (Å²) < 4.78 is 5.32. The Bertz CT molecular complexity index is 598. The van der Waals surface area contributed by atoms with E-state index in [1.165, 1.54) is 11.3 Å². The van der Waals surface area contributed by atoms with Crippen molar-refractivity contribution in [3.8, 4) is 0 Å². The highest BCUT2D eigenvalue weighted by Gasteiger charge is 2.18. The fraction of sp³-hybridized carbons (Fsp3) is 0.500. The quantitative estimate of drug-likeness (QED) is 0.314. The molecule has 1 aromatic carbocycles. The lowest BCUT2D eigenvalue weighted by atomic mass is 10.1. The van der Waals surface area contributed by atoms with Crippen LogP contribution in [0, 0.1) is 0 Å². The van der Waals surface area contributed by atoms with Crippen molar-refractivity contribution in [2.75, 3.05) is 50.8 Å². The van der Waals surface area contributed by atoms with Crippen molar-refractivity contribution in [3.63, 3.8) is 0 Å². The number of guanidine groups is 1. The second-order valence-electron chi connectivity index (χ2n) is 6.13. The Hall–Kier alpha value is -0.990. The summed E-state index contributed by atoms with van der Waals surface area (Å²) >= 11 is 5.95. The van der Waals surface area contributed by atoms with Crippen molar-refractivity contribution in [2.45, 2.75) is 12.8 Å². The van der Waals surface area contributed by atoms with Crippen molar-refractivity contribution >= 4 is 47.2 Å². The molecule has 0 amide bonds. The van der Waals surface area contributed by atoms with E-state index in [1.54, 1.807) is 0 Å². The molecule has 1 fully saturated rings. The van der Waals surface area contributed by atoms with E-state index >= 15 is 0 Å². The van der Waals surface area contributed by atoms with Gasteiger partial charge >= 0.3 is 0 Å². The molecule has 1 aromatic rings. The predicted molar refractivity (Wildman–Crippen MR) is 115 cm³/mol. The van der Waals surface area contributed by atoms with E-state index in [-0.39, 0.29) is 24.0 Å². The zero-order valence-corrected chi connectivity index (χ0v) is 17.5. The summed E-state index contributed by atoms with van der Waals surface area (Å²) in [5, 5.41) is 0.772. The molecule has 2 aliphatic heterocycles. The topological polar surface area (TPSA) is 54.1 Å². The molecule has 0 bridgehead atoms. The largest absolute Gasteiger partial charge is 0.377 e. The second-order valence-corrected chi connectivity index (χ2v) is 6.56. The minimum atomic E-state index is 0. The molecule has 0 atom stereocenters. The molecule has 25 heavy (non-hydrogen) atoms. The molecule has 7 heteroatoms. The Labute approximate surface area is 171 Å². The number of hydrogen-bond donors (Lipinski definition) is 1. The molecule has 0 aliphatic carbocycles. The van der Waals surface area contributed by atoms with E-state index in [0.29, 0.717) is 5.96 Å². The number of aliphatic imine (C=N–C) groups is 1. The average molecular weight is 477 g/mol. The van der Waals surface area contributed by atoms with E-state index in [4.69, 9.17) is 22.1 Å². The van der Waals surface area contributed by atoms with Gasteiger partial charge in [0.1, 0.15) is 0 Å². The molecule has 5 nitrogen and oxygen atoms in total.